The van der Waals surface area contributed by atoms with Gasteiger partial charge in [-0.05, 0) is 49.9 Å². The second kappa shape index (κ2) is 7.97. The third kappa shape index (κ3) is 4.47. The van der Waals surface area contributed by atoms with E-state index in [1.54, 1.807) is 4.90 Å². The second-order valence-electron chi connectivity index (χ2n) is 6.41. The average Bonchev–Trinajstić information content (AvgIpc) is 2.55. The molecule has 25 heavy (non-hydrogen) atoms. The lowest BCUT2D eigenvalue weighted by Gasteiger charge is -2.25. The minimum Gasteiger partial charge on any atom is -0.324 e. The zero-order chi connectivity index (χ0) is 18.6. The number of carbonyl (C=O) groups is 2. The summed E-state index contributed by atoms with van der Waals surface area (Å²) in [5.41, 5.74) is 5.83. The molecule has 0 saturated heterocycles. The fourth-order valence-electron chi connectivity index (χ4n) is 3.03. The summed E-state index contributed by atoms with van der Waals surface area (Å²) >= 11 is 0. The minimum absolute atomic E-state index is 0.000499. The van der Waals surface area contributed by atoms with Crippen LogP contribution in [0, 0.1) is 20.8 Å². The third-order valence-electron chi connectivity index (χ3n) is 4.31. The van der Waals surface area contributed by atoms with E-state index in [0.717, 1.165) is 40.0 Å². The van der Waals surface area contributed by atoms with Crippen molar-refractivity contribution in [3.05, 3.63) is 58.7 Å². The lowest BCUT2D eigenvalue weighted by atomic mass is 10.0. The zero-order valence-corrected chi connectivity index (χ0v) is 15.6. The number of benzene rings is 2. The Morgan fingerprint density at radius 1 is 1.04 bits per heavy atom. The van der Waals surface area contributed by atoms with E-state index in [1.165, 1.54) is 6.92 Å². The van der Waals surface area contributed by atoms with Crippen molar-refractivity contribution in [2.75, 3.05) is 16.8 Å². The number of carbonyl (C=O) groups excluding carboxylic acids is 2. The molecule has 0 saturated carbocycles. The summed E-state index contributed by atoms with van der Waals surface area (Å²) in [6, 6.07) is 11.8. The average molecular weight is 338 g/mol. The Labute approximate surface area is 149 Å². The van der Waals surface area contributed by atoms with E-state index in [2.05, 4.69) is 5.32 Å². The topological polar surface area (TPSA) is 49.4 Å². The van der Waals surface area contributed by atoms with Crippen LogP contribution in [0.4, 0.5) is 11.4 Å². The van der Waals surface area contributed by atoms with E-state index in [-0.39, 0.29) is 18.4 Å². The first-order chi connectivity index (χ1) is 11.8. The molecule has 0 aromatic heterocycles. The van der Waals surface area contributed by atoms with Gasteiger partial charge in [0.05, 0.1) is 5.69 Å². The molecular formula is C21H26N2O2. The highest BCUT2D eigenvalue weighted by atomic mass is 16.2. The Bertz CT molecular complexity index is 796. The summed E-state index contributed by atoms with van der Waals surface area (Å²) in [4.78, 5) is 26.3. The van der Waals surface area contributed by atoms with E-state index < -0.39 is 0 Å². The lowest BCUT2D eigenvalue weighted by Crippen LogP contribution is -2.37. The van der Waals surface area contributed by atoms with Gasteiger partial charge < -0.3 is 10.2 Å². The molecule has 1 N–H and O–H groups in total. The Kier molecular flexibility index (Phi) is 5.97. The summed E-state index contributed by atoms with van der Waals surface area (Å²) in [7, 11) is 0. The van der Waals surface area contributed by atoms with Crippen molar-refractivity contribution < 1.29 is 9.59 Å². The van der Waals surface area contributed by atoms with Crippen molar-refractivity contribution in [2.45, 2.75) is 41.0 Å². The molecule has 0 atom stereocenters. The van der Waals surface area contributed by atoms with Crippen molar-refractivity contribution in [3.8, 4) is 0 Å². The van der Waals surface area contributed by atoms with Crippen molar-refractivity contribution in [1.82, 2.24) is 0 Å². The number of hydrogen-bond donors (Lipinski definition) is 1. The monoisotopic (exact) mass is 338 g/mol. The number of anilines is 2. The number of amides is 2. The van der Waals surface area contributed by atoms with E-state index in [1.807, 2.05) is 64.1 Å². The fraction of sp³-hybridized carbons (Fsp3) is 0.333. The van der Waals surface area contributed by atoms with Gasteiger partial charge in [-0.15, -0.1) is 0 Å². The van der Waals surface area contributed by atoms with Crippen LogP contribution in [0.25, 0.3) is 0 Å². The molecule has 0 radical (unpaired) electrons. The highest BCUT2D eigenvalue weighted by Crippen LogP contribution is 2.26. The molecule has 2 rings (SSSR count). The van der Waals surface area contributed by atoms with Crippen LogP contribution in [0.3, 0.4) is 0 Å². The molecule has 0 aliphatic rings. The van der Waals surface area contributed by atoms with Gasteiger partial charge in [0, 0.05) is 12.6 Å². The predicted octanol–water partition coefficient (Wildman–Crippen LogP) is 4.17. The summed E-state index contributed by atoms with van der Waals surface area (Å²) < 4.78 is 0. The molecule has 132 valence electrons. The van der Waals surface area contributed by atoms with Crippen LogP contribution in [0.5, 0.6) is 0 Å². The fourth-order valence-corrected chi connectivity index (χ4v) is 3.03. The van der Waals surface area contributed by atoms with Gasteiger partial charge in [0.15, 0.2) is 0 Å². The normalized spacial score (nSPS) is 10.4. The van der Waals surface area contributed by atoms with E-state index in [9.17, 15) is 9.59 Å². The Hall–Kier alpha value is -2.62. The maximum absolute atomic E-state index is 12.5. The SMILES string of the molecule is CCc1cccc(C)c1N(CC(=O)Nc1ccc(C)cc1C)C(C)=O. The molecule has 0 fully saturated rings. The molecule has 0 aliphatic heterocycles. The van der Waals surface area contributed by atoms with Crippen LogP contribution in [-0.2, 0) is 16.0 Å². The van der Waals surface area contributed by atoms with Gasteiger partial charge in [-0.2, -0.15) is 0 Å². The van der Waals surface area contributed by atoms with Crippen LogP contribution in [0.1, 0.15) is 36.1 Å². The van der Waals surface area contributed by atoms with Crippen molar-refractivity contribution >= 4 is 23.2 Å². The number of hydrogen-bond acceptors (Lipinski definition) is 2. The van der Waals surface area contributed by atoms with Crippen LogP contribution in [0.2, 0.25) is 0 Å². The number of rotatable bonds is 5. The first-order valence-corrected chi connectivity index (χ1v) is 8.57. The summed E-state index contributed by atoms with van der Waals surface area (Å²) in [5, 5.41) is 2.92. The summed E-state index contributed by atoms with van der Waals surface area (Å²) in [6.45, 7) is 9.48. The minimum atomic E-state index is -0.201. The summed E-state index contributed by atoms with van der Waals surface area (Å²) in [6.07, 6.45) is 0.805. The molecule has 4 heteroatoms. The van der Waals surface area contributed by atoms with E-state index >= 15 is 0 Å². The van der Waals surface area contributed by atoms with Gasteiger partial charge in [-0.1, -0.05) is 42.8 Å². The van der Waals surface area contributed by atoms with Crippen LogP contribution in [0.15, 0.2) is 36.4 Å². The molecular weight excluding hydrogens is 312 g/mol. The molecule has 0 heterocycles. The van der Waals surface area contributed by atoms with Gasteiger partial charge >= 0.3 is 0 Å². The van der Waals surface area contributed by atoms with E-state index in [0.29, 0.717) is 0 Å². The Morgan fingerprint density at radius 2 is 1.76 bits per heavy atom. The highest BCUT2D eigenvalue weighted by molar-refractivity contribution is 6.02. The molecule has 2 aromatic carbocycles. The number of nitrogens with one attached hydrogen (secondary N) is 1. The van der Waals surface area contributed by atoms with Crippen molar-refractivity contribution in [1.29, 1.82) is 0 Å². The molecule has 2 aromatic rings. The second-order valence-corrected chi connectivity index (χ2v) is 6.41. The Morgan fingerprint density at radius 3 is 2.36 bits per heavy atom. The van der Waals surface area contributed by atoms with Crippen molar-refractivity contribution in [2.24, 2.45) is 0 Å². The quantitative estimate of drug-likeness (QED) is 0.889. The number of nitrogens with zero attached hydrogens (tertiary/aromatic N) is 1. The summed E-state index contributed by atoms with van der Waals surface area (Å²) in [5.74, 6) is -0.341. The molecule has 0 spiro atoms. The third-order valence-corrected chi connectivity index (χ3v) is 4.31. The molecule has 0 bridgehead atoms. The van der Waals surface area contributed by atoms with Gasteiger partial charge in [0.2, 0.25) is 11.8 Å². The van der Waals surface area contributed by atoms with E-state index in [4.69, 9.17) is 0 Å². The first-order valence-electron chi connectivity index (χ1n) is 8.57. The van der Waals surface area contributed by atoms with Crippen LogP contribution in [-0.4, -0.2) is 18.4 Å². The van der Waals surface area contributed by atoms with Crippen LogP contribution >= 0.6 is 0 Å². The lowest BCUT2D eigenvalue weighted by molar-refractivity contribution is -0.120. The van der Waals surface area contributed by atoms with Gasteiger partial charge in [0.1, 0.15) is 6.54 Å². The largest absolute Gasteiger partial charge is 0.324 e. The standard InChI is InChI=1S/C21H26N2O2/c1-6-18-9-7-8-15(3)21(18)23(17(5)24)13-20(25)22-19-11-10-14(2)12-16(19)4/h7-12H,6,13H2,1-5H3,(H,22,25). The van der Waals surface area contributed by atoms with Gasteiger partial charge in [-0.3, -0.25) is 9.59 Å². The smallest absolute Gasteiger partial charge is 0.244 e. The molecule has 2 amide bonds. The molecule has 4 nitrogen and oxygen atoms in total. The molecule has 0 unspecified atom stereocenters. The zero-order valence-electron chi connectivity index (χ0n) is 15.6. The highest BCUT2D eigenvalue weighted by Gasteiger charge is 2.20. The predicted molar refractivity (Wildman–Crippen MR) is 103 cm³/mol. The maximum Gasteiger partial charge on any atom is 0.244 e. The number of para-hydroxylation sites is 1. The van der Waals surface area contributed by atoms with Gasteiger partial charge in [0.25, 0.3) is 0 Å². The van der Waals surface area contributed by atoms with Crippen molar-refractivity contribution in [3.63, 3.8) is 0 Å². The van der Waals surface area contributed by atoms with Gasteiger partial charge in [-0.25, -0.2) is 0 Å². The maximum atomic E-state index is 12.5. The Balaban J connectivity index is 2.25. The molecule has 0 aliphatic carbocycles. The first kappa shape index (κ1) is 18.7. The van der Waals surface area contributed by atoms with Crippen LogP contribution < -0.4 is 10.2 Å². The number of aryl methyl sites for hydroxylation is 4.